The summed E-state index contributed by atoms with van der Waals surface area (Å²) in [5, 5.41) is 2.71. The lowest BCUT2D eigenvalue weighted by atomic mass is 10.2. The fraction of sp³-hybridized carbons (Fsp3) is 0.364. The maximum Gasteiger partial charge on any atom is 0.224 e. The molecule has 1 aromatic rings. The molecule has 0 radical (unpaired) electrons. The molecule has 5 heteroatoms. The number of pyridine rings is 1. The minimum absolute atomic E-state index is 0.0718. The summed E-state index contributed by atoms with van der Waals surface area (Å²) < 4.78 is 0. The van der Waals surface area contributed by atoms with Crippen molar-refractivity contribution in [2.45, 2.75) is 25.7 Å². The van der Waals surface area contributed by atoms with Gasteiger partial charge in [0.25, 0.3) is 0 Å². The highest BCUT2D eigenvalue weighted by atomic mass is 16.1. The van der Waals surface area contributed by atoms with E-state index in [9.17, 15) is 9.59 Å². The number of amides is 2. The number of aromatic nitrogens is 1. The molecule has 0 saturated carbocycles. The van der Waals surface area contributed by atoms with Gasteiger partial charge in [-0.25, -0.2) is 0 Å². The minimum Gasteiger partial charge on any atom is -0.370 e. The van der Waals surface area contributed by atoms with Gasteiger partial charge in [-0.2, -0.15) is 0 Å². The van der Waals surface area contributed by atoms with E-state index in [0.29, 0.717) is 31.4 Å². The Hall–Kier alpha value is -1.91. The van der Waals surface area contributed by atoms with Crippen LogP contribution < -0.4 is 11.1 Å². The molecule has 0 aliphatic heterocycles. The number of anilines is 1. The zero-order valence-electron chi connectivity index (χ0n) is 8.98. The first-order valence-electron chi connectivity index (χ1n) is 5.16. The second-order valence-electron chi connectivity index (χ2n) is 3.46. The summed E-state index contributed by atoms with van der Waals surface area (Å²) in [6.45, 7) is 0. The van der Waals surface area contributed by atoms with Crippen LogP contribution in [0.4, 0.5) is 5.69 Å². The molecule has 0 atom stereocenters. The van der Waals surface area contributed by atoms with E-state index in [1.165, 1.54) is 0 Å². The van der Waals surface area contributed by atoms with E-state index < -0.39 is 0 Å². The summed E-state index contributed by atoms with van der Waals surface area (Å²) in [6.07, 6.45) is 5.26. The number of rotatable bonds is 6. The molecule has 0 aromatic carbocycles. The Morgan fingerprint density at radius 2 is 2.06 bits per heavy atom. The standard InChI is InChI=1S/C11H15N3O2/c12-10(15)5-1-2-6-11(16)14-9-4-3-7-13-8-9/h3-4,7-8H,1-2,5-6H2,(H2,12,15)(H,14,16). The molecule has 1 rings (SSSR count). The number of carbonyl (C=O) groups is 2. The lowest BCUT2D eigenvalue weighted by Crippen LogP contribution is -2.13. The van der Waals surface area contributed by atoms with Crippen molar-refractivity contribution in [3.05, 3.63) is 24.5 Å². The molecule has 0 aliphatic carbocycles. The van der Waals surface area contributed by atoms with E-state index in [-0.39, 0.29) is 11.8 Å². The molecule has 86 valence electrons. The van der Waals surface area contributed by atoms with Gasteiger partial charge in [-0.05, 0) is 25.0 Å². The topological polar surface area (TPSA) is 85.1 Å². The van der Waals surface area contributed by atoms with Crippen LogP contribution in [0, 0.1) is 0 Å². The number of carbonyl (C=O) groups excluding carboxylic acids is 2. The van der Waals surface area contributed by atoms with Gasteiger partial charge in [-0.15, -0.1) is 0 Å². The van der Waals surface area contributed by atoms with Crippen molar-refractivity contribution < 1.29 is 9.59 Å². The molecule has 0 saturated heterocycles. The van der Waals surface area contributed by atoms with E-state index in [1.807, 2.05) is 0 Å². The Balaban J connectivity index is 2.19. The van der Waals surface area contributed by atoms with Gasteiger partial charge in [0.2, 0.25) is 11.8 Å². The Morgan fingerprint density at radius 3 is 2.69 bits per heavy atom. The van der Waals surface area contributed by atoms with Crippen molar-refractivity contribution in [2.24, 2.45) is 5.73 Å². The zero-order valence-corrected chi connectivity index (χ0v) is 8.98. The lowest BCUT2D eigenvalue weighted by molar-refractivity contribution is -0.119. The molecule has 0 fully saturated rings. The Kier molecular flexibility index (Phi) is 4.98. The molecule has 5 nitrogen and oxygen atoms in total. The van der Waals surface area contributed by atoms with Crippen LogP contribution in [-0.2, 0) is 9.59 Å². The first-order chi connectivity index (χ1) is 7.68. The normalized spacial score (nSPS) is 9.75. The van der Waals surface area contributed by atoms with Crippen LogP contribution in [0.3, 0.4) is 0 Å². The summed E-state index contributed by atoms with van der Waals surface area (Å²) >= 11 is 0. The Labute approximate surface area is 94.1 Å². The summed E-state index contributed by atoms with van der Waals surface area (Å²) in [5.74, 6) is -0.398. The summed E-state index contributed by atoms with van der Waals surface area (Å²) in [7, 11) is 0. The number of hydrogen-bond acceptors (Lipinski definition) is 3. The molecular formula is C11H15N3O2. The third kappa shape index (κ3) is 5.09. The molecular weight excluding hydrogens is 206 g/mol. The van der Waals surface area contributed by atoms with Crippen LogP contribution in [0.2, 0.25) is 0 Å². The third-order valence-corrected chi connectivity index (χ3v) is 2.02. The van der Waals surface area contributed by atoms with Crippen LogP contribution in [0.15, 0.2) is 24.5 Å². The van der Waals surface area contributed by atoms with Crippen molar-refractivity contribution in [3.63, 3.8) is 0 Å². The van der Waals surface area contributed by atoms with Crippen molar-refractivity contribution in [1.82, 2.24) is 4.98 Å². The molecule has 1 aromatic heterocycles. The van der Waals surface area contributed by atoms with Gasteiger partial charge in [-0.3, -0.25) is 14.6 Å². The van der Waals surface area contributed by atoms with Crippen LogP contribution in [-0.4, -0.2) is 16.8 Å². The highest BCUT2D eigenvalue weighted by Crippen LogP contribution is 2.05. The number of nitrogens with zero attached hydrogens (tertiary/aromatic N) is 1. The van der Waals surface area contributed by atoms with Gasteiger partial charge in [0.1, 0.15) is 0 Å². The Bertz CT molecular complexity index is 352. The first-order valence-corrected chi connectivity index (χ1v) is 5.16. The molecule has 0 unspecified atom stereocenters. The van der Waals surface area contributed by atoms with E-state index >= 15 is 0 Å². The van der Waals surface area contributed by atoms with Crippen molar-refractivity contribution >= 4 is 17.5 Å². The summed E-state index contributed by atoms with van der Waals surface area (Å²) in [5.41, 5.74) is 5.67. The van der Waals surface area contributed by atoms with Crippen LogP contribution in [0.25, 0.3) is 0 Å². The van der Waals surface area contributed by atoms with E-state index in [1.54, 1.807) is 24.5 Å². The number of unbranched alkanes of at least 4 members (excludes halogenated alkanes) is 1. The fourth-order valence-corrected chi connectivity index (χ4v) is 1.24. The fourth-order valence-electron chi connectivity index (χ4n) is 1.24. The monoisotopic (exact) mass is 221 g/mol. The molecule has 0 spiro atoms. The van der Waals surface area contributed by atoms with E-state index in [0.717, 1.165) is 0 Å². The van der Waals surface area contributed by atoms with E-state index in [4.69, 9.17) is 5.73 Å². The SMILES string of the molecule is NC(=O)CCCCC(=O)Nc1cccnc1. The second kappa shape index (κ2) is 6.55. The van der Waals surface area contributed by atoms with Gasteiger partial charge in [0.15, 0.2) is 0 Å². The maximum atomic E-state index is 11.4. The third-order valence-electron chi connectivity index (χ3n) is 2.02. The lowest BCUT2D eigenvalue weighted by Gasteiger charge is -2.03. The summed E-state index contributed by atoms with van der Waals surface area (Å²) in [6, 6.07) is 3.52. The van der Waals surface area contributed by atoms with Gasteiger partial charge in [0.05, 0.1) is 11.9 Å². The molecule has 3 N–H and O–H groups in total. The zero-order chi connectivity index (χ0) is 11.8. The average Bonchev–Trinajstić information content (AvgIpc) is 2.25. The van der Waals surface area contributed by atoms with Crippen LogP contribution in [0.1, 0.15) is 25.7 Å². The van der Waals surface area contributed by atoms with Crippen molar-refractivity contribution in [3.8, 4) is 0 Å². The second-order valence-corrected chi connectivity index (χ2v) is 3.46. The molecule has 0 bridgehead atoms. The van der Waals surface area contributed by atoms with Gasteiger partial charge in [0, 0.05) is 19.0 Å². The van der Waals surface area contributed by atoms with Crippen LogP contribution >= 0.6 is 0 Å². The van der Waals surface area contributed by atoms with Gasteiger partial charge in [-0.1, -0.05) is 0 Å². The first kappa shape index (κ1) is 12.2. The van der Waals surface area contributed by atoms with E-state index in [2.05, 4.69) is 10.3 Å². The quantitative estimate of drug-likeness (QED) is 0.704. The number of nitrogens with two attached hydrogens (primary N) is 1. The van der Waals surface area contributed by atoms with Crippen molar-refractivity contribution in [1.29, 1.82) is 0 Å². The molecule has 0 aliphatic rings. The van der Waals surface area contributed by atoms with Crippen LogP contribution in [0.5, 0.6) is 0 Å². The van der Waals surface area contributed by atoms with Gasteiger partial charge < -0.3 is 11.1 Å². The maximum absolute atomic E-state index is 11.4. The largest absolute Gasteiger partial charge is 0.370 e. The highest BCUT2D eigenvalue weighted by molar-refractivity contribution is 5.90. The molecule has 1 heterocycles. The predicted octanol–water partition coefficient (Wildman–Crippen LogP) is 1.07. The minimum atomic E-state index is -0.326. The number of hydrogen-bond donors (Lipinski definition) is 2. The van der Waals surface area contributed by atoms with Crippen molar-refractivity contribution in [2.75, 3.05) is 5.32 Å². The molecule has 16 heavy (non-hydrogen) atoms. The summed E-state index contributed by atoms with van der Waals surface area (Å²) in [4.78, 5) is 25.7. The average molecular weight is 221 g/mol. The number of primary amides is 1. The highest BCUT2D eigenvalue weighted by Gasteiger charge is 2.02. The predicted molar refractivity (Wildman–Crippen MR) is 60.5 cm³/mol. The Morgan fingerprint density at radius 1 is 1.31 bits per heavy atom. The smallest absolute Gasteiger partial charge is 0.224 e. The van der Waals surface area contributed by atoms with Gasteiger partial charge >= 0.3 is 0 Å². The number of nitrogens with one attached hydrogen (secondary N) is 1. The molecule has 2 amide bonds.